The van der Waals surface area contributed by atoms with Gasteiger partial charge in [-0.3, -0.25) is 9.59 Å². The van der Waals surface area contributed by atoms with Crippen LogP contribution in [-0.4, -0.2) is 20.6 Å². The molecule has 6 nitrogen and oxygen atoms in total. The smallest absolute Gasteiger partial charge is 0.265 e. The zero-order valence-corrected chi connectivity index (χ0v) is 18.8. The van der Waals surface area contributed by atoms with Gasteiger partial charge in [0.25, 0.3) is 5.56 Å². The van der Waals surface area contributed by atoms with Crippen LogP contribution in [0.15, 0.2) is 82.1 Å². The molecule has 7 heteroatoms. The highest BCUT2D eigenvalue weighted by Gasteiger charge is 2.26. The van der Waals surface area contributed by atoms with Crippen molar-refractivity contribution in [3.8, 4) is 11.5 Å². The Hall–Kier alpha value is -3.58. The Kier molecular flexibility index (Phi) is 6.01. The van der Waals surface area contributed by atoms with Gasteiger partial charge in [-0.25, -0.2) is 0 Å². The zero-order valence-electron chi connectivity index (χ0n) is 17.2. The van der Waals surface area contributed by atoms with E-state index in [1.54, 1.807) is 55.6 Å². The Morgan fingerprint density at radius 2 is 1.66 bits per heavy atom. The number of aromatic nitrogens is 1. The number of aryl methyl sites for hydroxylation is 1. The molecule has 4 aromatic rings. The van der Waals surface area contributed by atoms with Crippen LogP contribution in [0, 0.1) is 0 Å². The second-order valence-electron chi connectivity index (χ2n) is 7.47. The van der Waals surface area contributed by atoms with Gasteiger partial charge in [0.15, 0.2) is 5.78 Å². The molecule has 32 heavy (non-hydrogen) atoms. The number of phenolic OH excluding ortho intramolecular Hbond substituents is 1. The summed E-state index contributed by atoms with van der Waals surface area (Å²) in [7, 11) is 1.57. The van der Waals surface area contributed by atoms with Gasteiger partial charge in [0, 0.05) is 34.6 Å². The average Bonchev–Trinajstić information content (AvgIpc) is 2.79. The van der Waals surface area contributed by atoms with Crippen molar-refractivity contribution in [3.63, 3.8) is 0 Å². The summed E-state index contributed by atoms with van der Waals surface area (Å²) in [5.74, 6) is -0.826. The molecule has 3 aromatic carbocycles. The fourth-order valence-electron chi connectivity index (χ4n) is 3.81. The third-order valence-corrected chi connectivity index (χ3v) is 6.15. The molecule has 0 amide bonds. The molecule has 3 N–H and O–H groups in total. The highest BCUT2D eigenvalue weighted by molar-refractivity contribution is 9.10. The largest absolute Gasteiger partial charge is 0.508 e. The number of phenols is 1. The summed E-state index contributed by atoms with van der Waals surface area (Å²) in [5, 5.41) is 24.9. The topological polar surface area (TPSA) is 91.6 Å². The second kappa shape index (κ2) is 8.88. The minimum Gasteiger partial charge on any atom is -0.508 e. The highest BCUT2D eigenvalue weighted by atomic mass is 79.9. The van der Waals surface area contributed by atoms with Crippen molar-refractivity contribution >= 4 is 38.3 Å². The van der Waals surface area contributed by atoms with Crippen LogP contribution in [0.25, 0.3) is 10.9 Å². The first kappa shape index (κ1) is 21.6. The minimum atomic E-state index is -0.641. The summed E-state index contributed by atoms with van der Waals surface area (Å²) in [6.07, 6.45) is -0.153. The van der Waals surface area contributed by atoms with Gasteiger partial charge >= 0.3 is 0 Å². The molecule has 1 heterocycles. The summed E-state index contributed by atoms with van der Waals surface area (Å²) in [6, 6.07) is 20.4. The van der Waals surface area contributed by atoms with Gasteiger partial charge in [-0.1, -0.05) is 42.5 Å². The molecule has 0 unspecified atom stereocenters. The number of hydrogen-bond acceptors (Lipinski definition) is 5. The standard InChI is InChI=1S/C25H21BrN2O4/c1-28-20-12-6-2-9-16(20)24(31)23(25(28)32)22(30)14-19(15-8-3-7-13-21(15)29)27-18-11-5-4-10-17(18)26/h2-13,19,27,29,31H,14H2,1H3/t19-/m1/s1. The lowest BCUT2D eigenvalue weighted by Gasteiger charge is -2.22. The third-order valence-electron chi connectivity index (χ3n) is 5.46. The first-order valence-corrected chi connectivity index (χ1v) is 10.8. The average molecular weight is 493 g/mol. The van der Waals surface area contributed by atoms with Gasteiger partial charge in [-0.15, -0.1) is 0 Å². The summed E-state index contributed by atoms with van der Waals surface area (Å²) in [4.78, 5) is 26.3. The molecule has 0 saturated carbocycles. The molecule has 1 aromatic heterocycles. The van der Waals surface area contributed by atoms with E-state index in [2.05, 4.69) is 21.2 Å². The Balaban J connectivity index is 1.78. The molecular weight excluding hydrogens is 472 g/mol. The number of hydrogen-bond donors (Lipinski definition) is 3. The van der Waals surface area contributed by atoms with E-state index < -0.39 is 17.4 Å². The maximum absolute atomic E-state index is 13.3. The number of pyridine rings is 1. The number of Topliss-reactive ketones (excluding diaryl/α,β-unsaturated/α-hetero) is 1. The first-order valence-electron chi connectivity index (χ1n) is 10.0. The predicted molar refractivity (Wildman–Crippen MR) is 128 cm³/mol. The van der Waals surface area contributed by atoms with Gasteiger partial charge < -0.3 is 20.1 Å². The molecule has 0 bridgehead atoms. The molecule has 4 rings (SSSR count). The summed E-state index contributed by atoms with van der Waals surface area (Å²) < 4.78 is 2.15. The fourth-order valence-corrected chi connectivity index (χ4v) is 4.20. The van der Waals surface area contributed by atoms with Crippen LogP contribution in [0.4, 0.5) is 5.69 Å². The van der Waals surface area contributed by atoms with Crippen LogP contribution in [0.3, 0.4) is 0 Å². The van der Waals surface area contributed by atoms with Crippen molar-refractivity contribution in [2.45, 2.75) is 12.5 Å². The molecule has 0 radical (unpaired) electrons. The van der Waals surface area contributed by atoms with Gasteiger partial charge in [0.2, 0.25) is 0 Å². The molecule has 0 saturated heterocycles. The number of carbonyl (C=O) groups excluding carboxylic acids is 1. The first-order chi connectivity index (χ1) is 15.4. The highest BCUT2D eigenvalue weighted by Crippen LogP contribution is 2.34. The SMILES string of the molecule is Cn1c(=O)c(C(=O)C[C@@H](Nc2ccccc2Br)c2ccccc2O)c(O)c2ccccc21. The maximum atomic E-state index is 13.3. The van der Waals surface area contributed by atoms with E-state index >= 15 is 0 Å². The third kappa shape index (κ3) is 3.99. The number of rotatable bonds is 6. The van der Waals surface area contributed by atoms with Crippen molar-refractivity contribution in [2.24, 2.45) is 7.05 Å². The number of carbonyl (C=O) groups is 1. The molecule has 1 atom stereocenters. The zero-order chi connectivity index (χ0) is 22.8. The summed E-state index contributed by atoms with van der Waals surface area (Å²) in [6.45, 7) is 0. The van der Waals surface area contributed by atoms with E-state index in [0.717, 1.165) is 10.2 Å². The fraction of sp³-hybridized carbons (Fsp3) is 0.120. The van der Waals surface area contributed by atoms with Crippen LogP contribution in [0.5, 0.6) is 11.5 Å². The van der Waals surface area contributed by atoms with Crippen LogP contribution in [0.2, 0.25) is 0 Å². The molecular formula is C25H21BrN2O4. The molecule has 162 valence electrons. The van der Waals surface area contributed by atoms with Crippen molar-refractivity contribution in [1.82, 2.24) is 4.57 Å². The maximum Gasteiger partial charge on any atom is 0.265 e. The Labute approximate surface area is 192 Å². The van der Waals surface area contributed by atoms with Gasteiger partial charge in [-0.2, -0.15) is 0 Å². The number of nitrogens with zero attached hydrogens (tertiary/aromatic N) is 1. The molecule has 0 spiro atoms. The quantitative estimate of drug-likeness (QED) is 0.324. The summed E-state index contributed by atoms with van der Waals surface area (Å²) >= 11 is 3.48. The van der Waals surface area contributed by atoms with E-state index in [1.165, 1.54) is 4.57 Å². The van der Waals surface area contributed by atoms with Gasteiger partial charge in [0.05, 0.1) is 11.6 Å². The number of aromatic hydroxyl groups is 2. The summed E-state index contributed by atoms with van der Waals surface area (Å²) in [5.41, 5.74) is 0.941. The van der Waals surface area contributed by atoms with E-state index in [1.807, 2.05) is 24.3 Å². The Morgan fingerprint density at radius 1 is 1.00 bits per heavy atom. The van der Waals surface area contributed by atoms with Crippen molar-refractivity contribution in [2.75, 3.05) is 5.32 Å². The predicted octanol–water partition coefficient (Wildman–Crippen LogP) is 5.14. The molecule has 0 fully saturated rings. The van der Waals surface area contributed by atoms with E-state index in [0.29, 0.717) is 16.5 Å². The van der Waals surface area contributed by atoms with Crippen LogP contribution in [0.1, 0.15) is 28.4 Å². The number of anilines is 1. The number of halogens is 1. The molecule has 0 aliphatic rings. The van der Waals surface area contributed by atoms with E-state index in [-0.39, 0.29) is 23.5 Å². The van der Waals surface area contributed by atoms with Crippen LogP contribution >= 0.6 is 15.9 Å². The van der Waals surface area contributed by atoms with Crippen molar-refractivity contribution in [1.29, 1.82) is 0 Å². The van der Waals surface area contributed by atoms with Gasteiger partial charge in [-0.05, 0) is 46.3 Å². The number of fused-ring (bicyclic) bond motifs is 1. The van der Waals surface area contributed by atoms with Crippen LogP contribution < -0.4 is 10.9 Å². The number of nitrogens with one attached hydrogen (secondary N) is 1. The lowest BCUT2D eigenvalue weighted by atomic mass is 9.96. The normalized spacial score (nSPS) is 11.9. The van der Waals surface area contributed by atoms with E-state index in [9.17, 15) is 19.8 Å². The Bertz CT molecular complexity index is 1380. The number of para-hydroxylation sites is 3. The number of benzene rings is 3. The Morgan fingerprint density at radius 3 is 2.41 bits per heavy atom. The van der Waals surface area contributed by atoms with Crippen LogP contribution in [-0.2, 0) is 7.05 Å². The lowest BCUT2D eigenvalue weighted by molar-refractivity contribution is 0.0972. The molecule has 0 aliphatic heterocycles. The van der Waals surface area contributed by atoms with E-state index in [4.69, 9.17) is 0 Å². The van der Waals surface area contributed by atoms with Crippen molar-refractivity contribution < 1.29 is 15.0 Å². The lowest BCUT2D eigenvalue weighted by Crippen LogP contribution is -2.26. The number of ketones is 1. The minimum absolute atomic E-state index is 0.0282. The second-order valence-corrected chi connectivity index (χ2v) is 8.32. The molecule has 0 aliphatic carbocycles. The van der Waals surface area contributed by atoms with Crippen molar-refractivity contribution in [3.05, 3.63) is 98.7 Å². The van der Waals surface area contributed by atoms with Gasteiger partial charge in [0.1, 0.15) is 17.1 Å². The monoisotopic (exact) mass is 492 g/mol.